The molecule has 3 N–H and O–H groups in total. The number of nitrogens with two attached hydrogens (primary N) is 1. The van der Waals surface area contributed by atoms with Gasteiger partial charge in [0.2, 0.25) is 5.92 Å². The summed E-state index contributed by atoms with van der Waals surface area (Å²) in [5.41, 5.74) is 6.08. The van der Waals surface area contributed by atoms with Crippen molar-refractivity contribution in [3.63, 3.8) is 0 Å². The second kappa shape index (κ2) is 7.26. The summed E-state index contributed by atoms with van der Waals surface area (Å²) in [6.07, 6.45) is 6.10. The van der Waals surface area contributed by atoms with Crippen LogP contribution >= 0.6 is 0 Å². The van der Waals surface area contributed by atoms with Crippen molar-refractivity contribution in [3.05, 3.63) is 24.4 Å². The first-order valence-electron chi connectivity index (χ1n) is 6.70. The predicted molar refractivity (Wildman–Crippen MR) is 75.3 cm³/mol. The smallest absolute Gasteiger partial charge is 0.248 e. The minimum Gasteiger partial charge on any atom is -0.390 e. The molecule has 0 aliphatic heterocycles. The van der Waals surface area contributed by atoms with Crippen LogP contribution in [-0.2, 0) is 0 Å². The summed E-state index contributed by atoms with van der Waals surface area (Å²) in [4.78, 5) is 4.11. The van der Waals surface area contributed by atoms with Gasteiger partial charge in [-0.2, -0.15) is 0 Å². The maximum Gasteiger partial charge on any atom is 0.248 e. The molecule has 3 nitrogen and oxygen atoms in total. The summed E-state index contributed by atoms with van der Waals surface area (Å²) in [6, 6.07) is -0.229. The fourth-order valence-corrected chi connectivity index (χ4v) is 2.20. The molecule has 0 radical (unpaired) electrons. The topological polar surface area (TPSA) is 50.4 Å². The molecule has 5 heteroatoms. The van der Waals surface area contributed by atoms with E-state index in [2.05, 4.69) is 16.9 Å². The van der Waals surface area contributed by atoms with Gasteiger partial charge in [0.15, 0.2) is 0 Å². The van der Waals surface area contributed by atoms with E-state index in [4.69, 9.17) is 5.73 Å². The third-order valence-corrected chi connectivity index (χ3v) is 3.33. The minimum atomic E-state index is -2.48. The van der Waals surface area contributed by atoms with Gasteiger partial charge < -0.3 is 11.1 Å². The Labute approximate surface area is 113 Å². The van der Waals surface area contributed by atoms with Gasteiger partial charge in [0.25, 0.3) is 0 Å². The van der Waals surface area contributed by atoms with Crippen LogP contribution in [0.1, 0.15) is 32.6 Å². The zero-order valence-corrected chi connectivity index (χ0v) is 11.4. The van der Waals surface area contributed by atoms with Crippen molar-refractivity contribution in [1.82, 2.24) is 5.32 Å². The predicted octanol–water partition coefficient (Wildman–Crippen LogP) is 2.85. The van der Waals surface area contributed by atoms with Crippen LogP contribution in [0.25, 0.3) is 0 Å². The van der Waals surface area contributed by atoms with E-state index in [1.807, 2.05) is 19.1 Å². The van der Waals surface area contributed by atoms with Crippen LogP contribution in [0, 0.1) is 5.92 Å². The summed E-state index contributed by atoms with van der Waals surface area (Å²) < 4.78 is 26.1. The maximum atomic E-state index is 13.0. The first-order valence-corrected chi connectivity index (χ1v) is 6.70. The summed E-state index contributed by atoms with van der Waals surface area (Å²) in [7, 11) is 0. The molecule has 0 saturated heterocycles. The molecule has 19 heavy (non-hydrogen) atoms. The number of hydrogen-bond acceptors (Lipinski definition) is 2. The molecule has 1 fully saturated rings. The molecule has 1 unspecified atom stereocenters. The van der Waals surface area contributed by atoms with Crippen LogP contribution in [0.2, 0.25) is 0 Å². The largest absolute Gasteiger partial charge is 0.390 e. The van der Waals surface area contributed by atoms with E-state index in [9.17, 15) is 8.78 Å². The molecule has 108 valence electrons. The van der Waals surface area contributed by atoms with Crippen molar-refractivity contribution >= 4 is 6.34 Å². The van der Waals surface area contributed by atoms with E-state index in [0.29, 0.717) is 12.8 Å². The van der Waals surface area contributed by atoms with Crippen molar-refractivity contribution in [2.45, 2.75) is 44.6 Å². The number of alkyl halides is 2. The van der Waals surface area contributed by atoms with Crippen LogP contribution in [0.3, 0.4) is 0 Å². The fourth-order valence-electron chi connectivity index (χ4n) is 2.20. The normalized spacial score (nSPS) is 21.8. The van der Waals surface area contributed by atoms with Crippen LogP contribution in [0.5, 0.6) is 0 Å². The number of nitrogens with one attached hydrogen (secondary N) is 1. The SMILES string of the molecule is C=C(NCC)C(/C=C/C1CCC(F)(F)CC1)N=CN. The van der Waals surface area contributed by atoms with E-state index in [1.165, 1.54) is 6.34 Å². The van der Waals surface area contributed by atoms with Crippen molar-refractivity contribution < 1.29 is 8.78 Å². The van der Waals surface area contributed by atoms with Gasteiger partial charge in [-0.15, -0.1) is 0 Å². The number of likely N-dealkylation sites (N-methyl/N-ethyl adjacent to an activating group) is 1. The fraction of sp³-hybridized carbons (Fsp3) is 0.643. The number of nitrogens with zero attached hydrogens (tertiary/aromatic N) is 1. The second-order valence-electron chi connectivity index (χ2n) is 4.88. The highest BCUT2D eigenvalue weighted by Crippen LogP contribution is 2.36. The van der Waals surface area contributed by atoms with E-state index in [-0.39, 0.29) is 24.8 Å². The van der Waals surface area contributed by atoms with Crippen molar-refractivity contribution in [2.75, 3.05) is 6.54 Å². The van der Waals surface area contributed by atoms with Gasteiger partial charge in [-0.25, -0.2) is 8.78 Å². The van der Waals surface area contributed by atoms with Gasteiger partial charge in [-0.05, 0) is 25.7 Å². The average Bonchev–Trinajstić information content (AvgIpc) is 2.36. The van der Waals surface area contributed by atoms with Gasteiger partial charge in [0, 0.05) is 25.1 Å². The van der Waals surface area contributed by atoms with E-state index < -0.39 is 5.92 Å². The van der Waals surface area contributed by atoms with Crippen LogP contribution in [0.4, 0.5) is 8.78 Å². The molecular weight excluding hydrogens is 248 g/mol. The number of aliphatic imine (C=N–C) groups is 1. The summed E-state index contributed by atoms with van der Waals surface area (Å²) >= 11 is 0. The molecule has 0 amide bonds. The summed E-state index contributed by atoms with van der Waals surface area (Å²) in [5, 5.41) is 3.10. The number of rotatable bonds is 6. The second-order valence-corrected chi connectivity index (χ2v) is 4.88. The summed E-state index contributed by atoms with van der Waals surface area (Å²) in [6.45, 7) is 6.63. The molecule has 0 bridgehead atoms. The Hall–Kier alpha value is -1.39. The highest BCUT2D eigenvalue weighted by Gasteiger charge is 2.33. The van der Waals surface area contributed by atoms with Crippen molar-refractivity contribution in [3.8, 4) is 0 Å². The first-order chi connectivity index (χ1) is 8.98. The molecule has 0 heterocycles. The lowest BCUT2D eigenvalue weighted by molar-refractivity contribution is -0.0411. The van der Waals surface area contributed by atoms with E-state index >= 15 is 0 Å². The third-order valence-electron chi connectivity index (χ3n) is 3.33. The molecule has 0 aromatic carbocycles. The van der Waals surface area contributed by atoms with Crippen molar-refractivity contribution in [1.29, 1.82) is 0 Å². The number of halogens is 2. The van der Waals surface area contributed by atoms with Crippen molar-refractivity contribution in [2.24, 2.45) is 16.6 Å². The molecule has 0 spiro atoms. The molecule has 1 rings (SSSR count). The zero-order chi connectivity index (χ0) is 14.3. The Morgan fingerprint density at radius 2 is 2.16 bits per heavy atom. The molecule has 0 aromatic rings. The number of allylic oxidation sites excluding steroid dienone is 1. The lowest BCUT2D eigenvalue weighted by atomic mass is 9.86. The van der Waals surface area contributed by atoms with Crippen LogP contribution in [0.15, 0.2) is 29.4 Å². The molecule has 0 aromatic heterocycles. The minimum absolute atomic E-state index is 0.0268. The van der Waals surface area contributed by atoms with Gasteiger partial charge in [-0.3, -0.25) is 4.99 Å². The Balaban J connectivity index is 2.54. The van der Waals surface area contributed by atoms with Crippen LogP contribution < -0.4 is 11.1 Å². The highest BCUT2D eigenvalue weighted by molar-refractivity contribution is 5.52. The van der Waals surface area contributed by atoms with Gasteiger partial charge in [0.05, 0.1) is 6.34 Å². The van der Waals surface area contributed by atoms with Crippen LogP contribution in [-0.4, -0.2) is 24.8 Å². The quantitative estimate of drug-likeness (QED) is 0.443. The Bertz CT molecular complexity index is 341. The zero-order valence-electron chi connectivity index (χ0n) is 11.4. The van der Waals surface area contributed by atoms with E-state index in [0.717, 1.165) is 12.2 Å². The highest BCUT2D eigenvalue weighted by atomic mass is 19.3. The molecular formula is C14H23F2N3. The van der Waals surface area contributed by atoms with Gasteiger partial charge >= 0.3 is 0 Å². The number of hydrogen-bond donors (Lipinski definition) is 2. The Morgan fingerprint density at radius 1 is 1.53 bits per heavy atom. The lowest BCUT2D eigenvalue weighted by Crippen LogP contribution is -2.24. The third kappa shape index (κ3) is 5.41. The van der Waals surface area contributed by atoms with Gasteiger partial charge in [-0.1, -0.05) is 18.7 Å². The molecule has 1 atom stereocenters. The first kappa shape index (κ1) is 15.7. The maximum absolute atomic E-state index is 13.0. The molecule has 1 aliphatic carbocycles. The average molecular weight is 271 g/mol. The summed E-state index contributed by atoms with van der Waals surface area (Å²) in [5.74, 6) is -2.28. The standard InChI is InChI=1S/C14H23F2N3/c1-3-18-11(2)13(19-10-17)5-4-12-6-8-14(15,16)9-7-12/h4-5,10,12-13,18H,2-3,6-9H2,1H3,(H2,17,19)/b5-4+. The Morgan fingerprint density at radius 3 is 2.68 bits per heavy atom. The Kier molecular flexibility index (Phi) is 5.99. The molecule has 1 aliphatic rings. The molecule has 1 saturated carbocycles. The lowest BCUT2D eigenvalue weighted by Gasteiger charge is -2.26. The van der Waals surface area contributed by atoms with E-state index in [1.54, 1.807) is 0 Å². The van der Waals surface area contributed by atoms with Gasteiger partial charge in [0.1, 0.15) is 6.04 Å². The monoisotopic (exact) mass is 271 g/mol.